The van der Waals surface area contributed by atoms with E-state index in [2.05, 4.69) is 26.9 Å². The van der Waals surface area contributed by atoms with E-state index in [1.54, 1.807) is 4.68 Å². The molecule has 1 saturated heterocycles. The standard InChI is InChI=1S/C15H19N5O/c1-9-11(3)20(13-5-15(21)18-10(13)2)14(7-16-9)12-6-17-19(4)8-12/h6-8,10,13H,5H2,1-4H3/p+1. The summed E-state index contributed by atoms with van der Waals surface area (Å²) in [6.45, 7) is 6.09. The molecule has 21 heavy (non-hydrogen) atoms. The molecule has 0 spiro atoms. The van der Waals surface area contributed by atoms with Gasteiger partial charge in [-0.15, -0.1) is 0 Å². The molecule has 0 radical (unpaired) electrons. The molecule has 1 aliphatic rings. The van der Waals surface area contributed by atoms with Gasteiger partial charge < -0.3 is 5.32 Å². The van der Waals surface area contributed by atoms with Gasteiger partial charge in [0.25, 0.3) is 0 Å². The third kappa shape index (κ3) is 2.30. The van der Waals surface area contributed by atoms with E-state index in [1.807, 2.05) is 39.5 Å². The summed E-state index contributed by atoms with van der Waals surface area (Å²) in [5.74, 6) is 0.103. The SMILES string of the molecule is Cc1ncc(-c2cnn(C)c2)[n+](C2CC(=O)NC2C)c1C. The van der Waals surface area contributed by atoms with Crippen molar-refractivity contribution >= 4 is 5.91 Å². The molecule has 6 heteroatoms. The summed E-state index contributed by atoms with van der Waals surface area (Å²) in [5, 5.41) is 7.23. The Balaban J connectivity index is 2.17. The number of nitrogens with one attached hydrogen (secondary N) is 1. The first-order valence-electron chi connectivity index (χ1n) is 7.13. The molecule has 2 unspecified atom stereocenters. The van der Waals surface area contributed by atoms with Gasteiger partial charge in [0.15, 0.2) is 11.7 Å². The van der Waals surface area contributed by atoms with E-state index in [4.69, 9.17) is 0 Å². The van der Waals surface area contributed by atoms with Crippen molar-refractivity contribution in [3.63, 3.8) is 0 Å². The molecular weight excluding hydrogens is 266 g/mol. The lowest BCUT2D eigenvalue weighted by atomic mass is 10.1. The van der Waals surface area contributed by atoms with Crippen molar-refractivity contribution in [3.8, 4) is 11.3 Å². The number of amides is 1. The number of nitrogens with zero attached hydrogens (tertiary/aromatic N) is 4. The van der Waals surface area contributed by atoms with Crippen LogP contribution in [0.25, 0.3) is 11.3 Å². The molecule has 3 rings (SSSR count). The Kier molecular flexibility index (Phi) is 3.23. The van der Waals surface area contributed by atoms with Crippen molar-refractivity contribution < 1.29 is 9.36 Å². The number of rotatable bonds is 2. The Bertz CT molecular complexity index is 706. The maximum Gasteiger partial charge on any atom is 0.234 e. The van der Waals surface area contributed by atoms with Crippen LogP contribution in [0.2, 0.25) is 0 Å². The van der Waals surface area contributed by atoms with Gasteiger partial charge in [0.2, 0.25) is 11.6 Å². The molecule has 0 aromatic carbocycles. The first-order valence-corrected chi connectivity index (χ1v) is 7.13. The van der Waals surface area contributed by atoms with E-state index in [9.17, 15) is 4.79 Å². The predicted octanol–water partition coefficient (Wildman–Crippen LogP) is 0.836. The van der Waals surface area contributed by atoms with E-state index >= 15 is 0 Å². The van der Waals surface area contributed by atoms with Crippen LogP contribution in [0.15, 0.2) is 18.6 Å². The highest BCUT2D eigenvalue weighted by Gasteiger charge is 2.40. The summed E-state index contributed by atoms with van der Waals surface area (Å²) in [4.78, 5) is 16.2. The Morgan fingerprint density at radius 3 is 2.71 bits per heavy atom. The average molecular weight is 286 g/mol. The summed E-state index contributed by atoms with van der Waals surface area (Å²) in [6.07, 6.45) is 6.17. The van der Waals surface area contributed by atoms with Crippen LogP contribution in [0.3, 0.4) is 0 Å². The number of aryl methyl sites for hydroxylation is 2. The number of carbonyl (C=O) groups is 1. The van der Waals surface area contributed by atoms with Crippen LogP contribution in [0.1, 0.15) is 30.8 Å². The Morgan fingerprint density at radius 1 is 1.38 bits per heavy atom. The Hall–Kier alpha value is -2.24. The maximum absolute atomic E-state index is 11.7. The van der Waals surface area contributed by atoms with Crippen molar-refractivity contribution in [1.82, 2.24) is 20.1 Å². The van der Waals surface area contributed by atoms with Gasteiger partial charge in [0, 0.05) is 20.2 Å². The van der Waals surface area contributed by atoms with E-state index in [0.29, 0.717) is 6.42 Å². The largest absolute Gasteiger partial charge is 0.347 e. The summed E-state index contributed by atoms with van der Waals surface area (Å²) in [6, 6.07) is 0.216. The van der Waals surface area contributed by atoms with Crippen LogP contribution in [-0.4, -0.2) is 26.7 Å². The van der Waals surface area contributed by atoms with E-state index in [0.717, 1.165) is 22.6 Å². The monoisotopic (exact) mass is 286 g/mol. The molecule has 1 aliphatic heterocycles. The summed E-state index contributed by atoms with van der Waals surface area (Å²) in [5.41, 5.74) is 4.08. The molecule has 6 nitrogen and oxygen atoms in total. The zero-order valence-electron chi connectivity index (χ0n) is 12.8. The summed E-state index contributed by atoms with van der Waals surface area (Å²) < 4.78 is 4.00. The first kappa shape index (κ1) is 13.7. The van der Waals surface area contributed by atoms with Gasteiger partial charge in [0.1, 0.15) is 5.69 Å². The topological polar surface area (TPSA) is 63.7 Å². The predicted molar refractivity (Wildman–Crippen MR) is 77.4 cm³/mol. The van der Waals surface area contributed by atoms with Crippen LogP contribution in [-0.2, 0) is 11.8 Å². The maximum atomic E-state index is 11.7. The molecule has 1 fully saturated rings. The lowest BCUT2D eigenvalue weighted by Gasteiger charge is -2.15. The highest BCUT2D eigenvalue weighted by molar-refractivity contribution is 5.79. The molecular formula is C15H20N5O+. The highest BCUT2D eigenvalue weighted by atomic mass is 16.2. The van der Waals surface area contributed by atoms with Crippen molar-refractivity contribution in [2.24, 2.45) is 7.05 Å². The van der Waals surface area contributed by atoms with Crippen molar-refractivity contribution in [3.05, 3.63) is 30.0 Å². The van der Waals surface area contributed by atoms with Gasteiger partial charge in [-0.25, -0.2) is 4.98 Å². The summed E-state index contributed by atoms with van der Waals surface area (Å²) in [7, 11) is 1.89. The van der Waals surface area contributed by atoms with Gasteiger partial charge in [0.05, 0.1) is 30.4 Å². The van der Waals surface area contributed by atoms with Crippen molar-refractivity contribution in [1.29, 1.82) is 0 Å². The second-order valence-electron chi connectivity index (χ2n) is 5.71. The second-order valence-corrected chi connectivity index (χ2v) is 5.71. The fraction of sp³-hybridized carbons (Fsp3) is 0.467. The van der Waals surface area contributed by atoms with Crippen molar-refractivity contribution in [2.75, 3.05) is 0 Å². The molecule has 1 N–H and O–H groups in total. The van der Waals surface area contributed by atoms with Gasteiger partial charge in [-0.3, -0.25) is 9.48 Å². The number of hydrogen-bond acceptors (Lipinski definition) is 3. The van der Waals surface area contributed by atoms with Gasteiger partial charge >= 0.3 is 0 Å². The molecule has 2 aromatic rings. The van der Waals surface area contributed by atoms with Gasteiger partial charge in [-0.2, -0.15) is 9.67 Å². The minimum Gasteiger partial charge on any atom is -0.347 e. The minimum atomic E-state index is 0.103. The van der Waals surface area contributed by atoms with E-state index in [1.165, 1.54) is 0 Å². The van der Waals surface area contributed by atoms with E-state index in [-0.39, 0.29) is 18.0 Å². The number of hydrogen-bond donors (Lipinski definition) is 1. The molecule has 0 bridgehead atoms. The summed E-state index contributed by atoms with van der Waals surface area (Å²) >= 11 is 0. The third-order valence-corrected chi connectivity index (χ3v) is 4.22. The lowest BCUT2D eigenvalue weighted by molar-refractivity contribution is -0.718. The van der Waals surface area contributed by atoms with Crippen molar-refractivity contribution in [2.45, 2.75) is 39.3 Å². The lowest BCUT2D eigenvalue weighted by Crippen LogP contribution is -2.49. The second kappa shape index (κ2) is 4.95. The molecule has 2 aromatic heterocycles. The molecule has 110 valence electrons. The molecule has 1 amide bonds. The van der Waals surface area contributed by atoms with Gasteiger partial charge in [-0.1, -0.05) is 0 Å². The zero-order valence-corrected chi connectivity index (χ0v) is 12.8. The quantitative estimate of drug-likeness (QED) is 0.832. The third-order valence-electron chi connectivity index (χ3n) is 4.22. The average Bonchev–Trinajstić information content (AvgIpc) is 2.99. The van der Waals surface area contributed by atoms with Crippen LogP contribution in [0.4, 0.5) is 0 Å². The van der Waals surface area contributed by atoms with Crippen LogP contribution in [0.5, 0.6) is 0 Å². The molecule has 2 atom stereocenters. The first-order chi connectivity index (χ1) is 9.97. The fourth-order valence-electron chi connectivity index (χ4n) is 2.95. The zero-order chi connectivity index (χ0) is 15.1. The normalized spacial score (nSPS) is 21.6. The van der Waals surface area contributed by atoms with Crippen LogP contribution >= 0.6 is 0 Å². The smallest absolute Gasteiger partial charge is 0.234 e. The Labute approximate surface area is 123 Å². The number of aromatic nitrogens is 4. The minimum absolute atomic E-state index is 0.103. The van der Waals surface area contributed by atoms with Crippen LogP contribution in [0, 0.1) is 13.8 Å². The fourth-order valence-corrected chi connectivity index (χ4v) is 2.95. The molecule has 0 aliphatic carbocycles. The molecule has 0 saturated carbocycles. The number of carbonyl (C=O) groups excluding carboxylic acids is 1. The van der Waals surface area contributed by atoms with Gasteiger partial charge in [-0.05, 0) is 13.8 Å². The Morgan fingerprint density at radius 2 is 2.14 bits per heavy atom. The van der Waals surface area contributed by atoms with Crippen LogP contribution < -0.4 is 9.88 Å². The molecule has 3 heterocycles. The van der Waals surface area contributed by atoms with E-state index < -0.39 is 0 Å². The highest BCUT2D eigenvalue weighted by Crippen LogP contribution is 2.23.